The van der Waals surface area contributed by atoms with Gasteiger partial charge in [0, 0.05) is 22.3 Å². The van der Waals surface area contributed by atoms with E-state index in [4.69, 9.17) is 4.42 Å². The first-order valence-electron chi connectivity index (χ1n) is 6.15. The van der Waals surface area contributed by atoms with Crippen molar-refractivity contribution in [1.29, 1.82) is 0 Å². The SMILES string of the molecule is O=C(N/N=C/c1ccncc1)c1cc2cc(Br)ccc2o1. The molecular formula is C15H10BrN3O2. The van der Waals surface area contributed by atoms with Crippen LogP contribution in [0.1, 0.15) is 16.1 Å². The van der Waals surface area contributed by atoms with Crippen molar-refractivity contribution in [1.82, 2.24) is 10.4 Å². The zero-order valence-electron chi connectivity index (χ0n) is 10.8. The number of fused-ring (bicyclic) bond motifs is 1. The molecule has 1 amide bonds. The Kier molecular flexibility index (Phi) is 3.79. The lowest BCUT2D eigenvalue weighted by Gasteiger charge is -1.95. The highest BCUT2D eigenvalue weighted by Crippen LogP contribution is 2.23. The van der Waals surface area contributed by atoms with Crippen LogP contribution in [-0.2, 0) is 0 Å². The Morgan fingerprint density at radius 3 is 2.86 bits per heavy atom. The van der Waals surface area contributed by atoms with E-state index in [-0.39, 0.29) is 5.76 Å². The third kappa shape index (κ3) is 3.17. The van der Waals surface area contributed by atoms with Crippen LogP contribution in [-0.4, -0.2) is 17.1 Å². The fourth-order valence-electron chi connectivity index (χ4n) is 1.80. The van der Waals surface area contributed by atoms with Crippen molar-refractivity contribution < 1.29 is 9.21 Å². The van der Waals surface area contributed by atoms with Gasteiger partial charge in [0.05, 0.1) is 6.21 Å². The maximum atomic E-state index is 11.9. The van der Waals surface area contributed by atoms with Crippen molar-refractivity contribution in [2.75, 3.05) is 0 Å². The number of hydrogen-bond acceptors (Lipinski definition) is 4. The molecule has 5 nitrogen and oxygen atoms in total. The maximum absolute atomic E-state index is 11.9. The predicted octanol–water partition coefficient (Wildman–Crippen LogP) is 3.35. The molecule has 1 N–H and O–H groups in total. The second-order valence-electron chi connectivity index (χ2n) is 4.27. The smallest absolute Gasteiger partial charge is 0.307 e. The van der Waals surface area contributed by atoms with E-state index in [0.717, 1.165) is 15.4 Å². The molecule has 2 heterocycles. The summed E-state index contributed by atoms with van der Waals surface area (Å²) in [5, 5.41) is 4.74. The zero-order valence-corrected chi connectivity index (χ0v) is 12.4. The van der Waals surface area contributed by atoms with Gasteiger partial charge < -0.3 is 4.42 Å². The Morgan fingerprint density at radius 2 is 2.05 bits per heavy atom. The summed E-state index contributed by atoms with van der Waals surface area (Å²) in [4.78, 5) is 15.8. The Hall–Kier alpha value is -2.47. The molecule has 0 radical (unpaired) electrons. The number of nitrogens with one attached hydrogen (secondary N) is 1. The van der Waals surface area contributed by atoms with E-state index >= 15 is 0 Å². The summed E-state index contributed by atoms with van der Waals surface area (Å²) in [5.74, 6) is -0.178. The normalized spacial score (nSPS) is 11.1. The number of nitrogens with zero attached hydrogens (tertiary/aromatic N) is 2. The van der Waals surface area contributed by atoms with Crippen LogP contribution in [0, 0.1) is 0 Å². The molecular weight excluding hydrogens is 334 g/mol. The molecule has 3 aromatic rings. The number of hydrazone groups is 1. The minimum Gasteiger partial charge on any atom is -0.451 e. The average molecular weight is 344 g/mol. The van der Waals surface area contributed by atoms with E-state index in [1.807, 2.05) is 12.1 Å². The van der Waals surface area contributed by atoms with Crippen molar-refractivity contribution in [2.24, 2.45) is 5.10 Å². The fraction of sp³-hybridized carbons (Fsp3) is 0. The van der Waals surface area contributed by atoms with Crippen LogP contribution in [0.3, 0.4) is 0 Å². The lowest BCUT2D eigenvalue weighted by molar-refractivity contribution is 0.0929. The minimum absolute atomic E-state index is 0.218. The number of hydrogen-bond donors (Lipinski definition) is 1. The van der Waals surface area contributed by atoms with Gasteiger partial charge in [-0.05, 0) is 42.0 Å². The van der Waals surface area contributed by atoms with Crippen LogP contribution in [0.25, 0.3) is 11.0 Å². The Balaban J connectivity index is 1.73. The van der Waals surface area contributed by atoms with E-state index in [9.17, 15) is 4.79 Å². The van der Waals surface area contributed by atoms with E-state index in [0.29, 0.717) is 5.58 Å². The summed E-state index contributed by atoms with van der Waals surface area (Å²) in [6.07, 6.45) is 4.85. The number of rotatable bonds is 3. The van der Waals surface area contributed by atoms with Gasteiger partial charge in [-0.2, -0.15) is 5.10 Å². The summed E-state index contributed by atoms with van der Waals surface area (Å²) in [6, 6.07) is 10.8. The molecule has 104 valence electrons. The van der Waals surface area contributed by atoms with E-state index in [1.54, 1.807) is 42.9 Å². The lowest BCUT2D eigenvalue weighted by Crippen LogP contribution is -2.16. The molecule has 0 fully saturated rings. The fourth-order valence-corrected chi connectivity index (χ4v) is 2.17. The van der Waals surface area contributed by atoms with Gasteiger partial charge in [-0.25, -0.2) is 5.43 Å². The lowest BCUT2D eigenvalue weighted by atomic mass is 10.2. The maximum Gasteiger partial charge on any atom is 0.307 e. The molecule has 1 aromatic carbocycles. The Bertz CT molecular complexity index is 812. The Morgan fingerprint density at radius 1 is 1.24 bits per heavy atom. The molecule has 21 heavy (non-hydrogen) atoms. The van der Waals surface area contributed by atoms with Gasteiger partial charge in [0.1, 0.15) is 5.58 Å². The van der Waals surface area contributed by atoms with Gasteiger partial charge in [0.25, 0.3) is 0 Å². The Labute approximate surface area is 128 Å². The highest BCUT2D eigenvalue weighted by atomic mass is 79.9. The van der Waals surface area contributed by atoms with Crippen molar-refractivity contribution in [2.45, 2.75) is 0 Å². The van der Waals surface area contributed by atoms with Crippen LogP contribution < -0.4 is 5.43 Å². The summed E-state index contributed by atoms with van der Waals surface area (Å²) >= 11 is 3.38. The highest BCUT2D eigenvalue weighted by molar-refractivity contribution is 9.10. The number of aromatic nitrogens is 1. The number of benzene rings is 1. The number of pyridine rings is 1. The van der Waals surface area contributed by atoms with Crippen molar-refractivity contribution in [3.05, 3.63) is 64.6 Å². The molecule has 0 aliphatic heterocycles. The average Bonchev–Trinajstić information content (AvgIpc) is 2.91. The molecule has 0 aliphatic rings. The first-order chi connectivity index (χ1) is 10.2. The summed E-state index contributed by atoms with van der Waals surface area (Å²) in [6.45, 7) is 0. The van der Waals surface area contributed by atoms with Crippen LogP contribution in [0.2, 0.25) is 0 Å². The summed E-state index contributed by atoms with van der Waals surface area (Å²) < 4.78 is 6.40. The standard InChI is InChI=1S/C15H10BrN3O2/c16-12-1-2-13-11(7-12)8-14(21-13)15(20)19-18-9-10-3-5-17-6-4-10/h1-9H,(H,19,20)/b18-9+. The molecule has 2 aromatic heterocycles. The number of amides is 1. The topological polar surface area (TPSA) is 67.5 Å². The number of carbonyl (C=O) groups excluding carboxylic acids is 1. The van der Waals surface area contributed by atoms with Gasteiger partial charge in [-0.1, -0.05) is 15.9 Å². The molecule has 6 heteroatoms. The molecule has 0 bridgehead atoms. The molecule has 0 aliphatic carbocycles. The van der Waals surface area contributed by atoms with E-state index in [1.165, 1.54) is 0 Å². The highest BCUT2D eigenvalue weighted by Gasteiger charge is 2.11. The largest absolute Gasteiger partial charge is 0.451 e. The van der Waals surface area contributed by atoms with Gasteiger partial charge in [-0.3, -0.25) is 9.78 Å². The summed E-state index contributed by atoms with van der Waals surface area (Å²) in [5.41, 5.74) is 3.93. The van der Waals surface area contributed by atoms with Gasteiger partial charge >= 0.3 is 5.91 Å². The zero-order chi connectivity index (χ0) is 14.7. The molecule has 0 saturated carbocycles. The number of halogens is 1. The second kappa shape index (κ2) is 5.88. The van der Waals surface area contributed by atoms with Crippen LogP contribution in [0.4, 0.5) is 0 Å². The second-order valence-corrected chi connectivity index (χ2v) is 5.19. The molecule has 0 saturated heterocycles. The van der Waals surface area contributed by atoms with Crippen molar-refractivity contribution >= 4 is 39.0 Å². The first kappa shape index (κ1) is 13.5. The van der Waals surface area contributed by atoms with Gasteiger partial charge in [-0.15, -0.1) is 0 Å². The molecule has 0 unspecified atom stereocenters. The van der Waals surface area contributed by atoms with Crippen LogP contribution in [0.15, 0.2) is 62.8 Å². The van der Waals surface area contributed by atoms with Gasteiger partial charge in [0.15, 0.2) is 5.76 Å². The molecule has 3 rings (SSSR count). The number of furan rings is 1. The monoisotopic (exact) mass is 343 g/mol. The first-order valence-corrected chi connectivity index (χ1v) is 6.94. The number of carbonyl (C=O) groups is 1. The van der Waals surface area contributed by atoms with Gasteiger partial charge in [0.2, 0.25) is 0 Å². The molecule has 0 atom stereocenters. The van der Waals surface area contributed by atoms with Crippen LogP contribution >= 0.6 is 15.9 Å². The van der Waals surface area contributed by atoms with Crippen molar-refractivity contribution in [3.63, 3.8) is 0 Å². The minimum atomic E-state index is -0.396. The van der Waals surface area contributed by atoms with E-state index in [2.05, 4.69) is 31.4 Å². The van der Waals surface area contributed by atoms with Crippen molar-refractivity contribution in [3.8, 4) is 0 Å². The van der Waals surface area contributed by atoms with E-state index < -0.39 is 5.91 Å². The third-order valence-electron chi connectivity index (χ3n) is 2.79. The third-order valence-corrected chi connectivity index (χ3v) is 3.28. The molecule has 0 spiro atoms. The summed E-state index contributed by atoms with van der Waals surface area (Å²) in [7, 11) is 0. The van der Waals surface area contributed by atoms with Crippen LogP contribution in [0.5, 0.6) is 0 Å². The quantitative estimate of drug-likeness (QED) is 0.585. The predicted molar refractivity (Wildman–Crippen MR) is 83.2 cm³/mol.